The second-order valence-corrected chi connectivity index (χ2v) is 5.40. The van der Waals surface area contributed by atoms with Crippen LogP contribution in [0.1, 0.15) is 41.0 Å². The summed E-state index contributed by atoms with van der Waals surface area (Å²) in [5.41, 5.74) is 0.317. The molecule has 1 atom stereocenters. The molecule has 0 spiro atoms. The lowest BCUT2D eigenvalue weighted by molar-refractivity contribution is 0.0711. The van der Waals surface area contributed by atoms with E-state index in [2.05, 4.69) is 15.2 Å². The number of pyridine rings is 1. The Morgan fingerprint density at radius 3 is 3.04 bits per heavy atom. The van der Waals surface area contributed by atoms with Gasteiger partial charge in [-0.05, 0) is 18.9 Å². The van der Waals surface area contributed by atoms with Crippen molar-refractivity contribution in [1.82, 2.24) is 20.1 Å². The number of hydrogen-bond acceptors (Lipinski definition) is 6. The Hall–Kier alpha value is -2.58. The van der Waals surface area contributed by atoms with Crippen LogP contribution in [0, 0.1) is 6.92 Å². The molecule has 7 nitrogen and oxygen atoms in total. The number of aromatic nitrogens is 3. The molecule has 0 bridgehead atoms. The van der Waals surface area contributed by atoms with E-state index in [-0.39, 0.29) is 17.8 Å². The summed E-state index contributed by atoms with van der Waals surface area (Å²) in [5.74, 6) is 0.584. The zero-order valence-electron chi connectivity index (χ0n) is 13.0. The first-order chi connectivity index (χ1) is 11.5. The summed E-state index contributed by atoms with van der Waals surface area (Å²) < 4.78 is 34.7. The molecule has 0 unspecified atom stereocenters. The van der Waals surface area contributed by atoms with Crippen LogP contribution in [0.3, 0.4) is 0 Å². The number of nitrogens with zero attached hydrogens (tertiary/aromatic N) is 4. The number of carbonyl (C=O) groups excluding carboxylic acids is 1. The van der Waals surface area contributed by atoms with Crippen LogP contribution >= 0.6 is 0 Å². The van der Waals surface area contributed by atoms with Crippen LogP contribution in [0.4, 0.5) is 8.78 Å². The van der Waals surface area contributed by atoms with E-state index in [9.17, 15) is 13.6 Å². The average Bonchev–Trinajstić information content (AvgIpc) is 3.21. The van der Waals surface area contributed by atoms with Gasteiger partial charge in [0, 0.05) is 31.3 Å². The Morgan fingerprint density at radius 2 is 2.33 bits per heavy atom. The van der Waals surface area contributed by atoms with Gasteiger partial charge in [-0.3, -0.25) is 4.79 Å². The molecule has 9 heteroatoms. The van der Waals surface area contributed by atoms with Gasteiger partial charge in [0.2, 0.25) is 17.7 Å². The SMILES string of the molecule is Cc1nnc([C@H]2CCCN2C(=O)c2ccnc(OCC(F)F)c2)o1. The highest BCUT2D eigenvalue weighted by atomic mass is 19.3. The highest BCUT2D eigenvalue weighted by Gasteiger charge is 2.34. The predicted octanol–water partition coefficient (Wildman–Crippen LogP) is 2.39. The fraction of sp³-hybridized carbons (Fsp3) is 0.467. The van der Waals surface area contributed by atoms with Crippen LogP contribution in [0.2, 0.25) is 0 Å². The third-order valence-corrected chi connectivity index (χ3v) is 3.68. The largest absolute Gasteiger partial charge is 0.472 e. The number of halogens is 2. The topological polar surface area (TPSA) is 81.4 Å². The normalized spacial score (nSPS) is 17.5. The molecule has 2 aromatic heterocycles. The number of carbonyl (C=O) groups is 1. The number of rotatable bonds is 5. The maximum Gasteiger partial charge on any atom is 0.272 e. The zero-order chi connectivity index (χ0) is 17.1. The second kappa shape index (κ2) is 6.90. The van der Waals surface area contributed by atoms with Crippen molar-refractivity contribution in [3.63, 3.8) is 0 Å². The molecule has 128 valence electrons. The monoisotopic (exact) mass is 338 g/mol. The van der Waals surface area contributed by atoms with Crippen molar-refractivity contribution >= 4 is 5.91 Å². The summed E-state index contributed by atoms with van der Waals surface area (Å²) >= 11 is 0. The van der Waals surface area contributed by atoms with E-state index >= 15 is 0 Å². The van der Waals surface area contributed by atoms with Gasteiger partial charge >= 0.3 is 0 Å². The lowest BCUT2D eigenvalue weighted by Gasteiger charge is -2.22. The summed E-state index contributed by atoms with van der Waals surface area (Å²) in [6.45, 7) is 1.48. The standard InChI is InChI=1S/C15H16F2N4O3/c1-9-19-20-14(24-9)11-3-2-6-21(11)15(22)10-4-5-18-13(7-10)23-8-12(16)17/h4-5,7,11-12H,2-3,6,8H2,1H3/t11-/m1/s1. The van der Waals surface area contributed by atoms with Crippen molar-refractivity contribution in [2.45, 2.75) is 32.2 Å². The molecule has 0 aromatic carbocycles. The van der Waals surface area contributed by atoms with E-state index in [0.29, 0.717) is 23.9 Å². The van der Waals surface area contributed by atoms with Crippen LogP contribution in [0.25, 0.3) is 0 Å². The van der Waals surface area contributed by atoms with Crippen molar-refractivity contribution in [2.75, 3.05) is 13.2 Å². The molecule has 1 amide bonds. The lowest BCUT2D eigenvalue weighted by atomic mass is 10.2. The van der Waals surface area contributed by atoms with Crippen molar-refractivity contribution < 1.29 is 22.7 Å². The Kier molecular flexibility index (Phi) is 4.68. The summed E-state index contributed by atoms with van der Waals surface area (Å²) in [5, 5.41) is 7.79. The molecule has 24 heavy (non-hydrogen) atoms. The van der Waals surface area contributed by atoms with E-state index in [1.807, 2.05) is 0 Å². The summed E-state index contributed by atoms with van der Waals surface area (Å²) in [7, 11) is 0. The number of amides is 1. The van der Waals surface area contributed by atoms with Gasteiger partial charge in [0.15, 0.2) is 6.61 Å². The molecule has 1 saturated heterocycles. The van der Waals surface area contributed by atoms with E-state index < -0.39 is 13.0 Å². The number of hydrogen-bond donors (Lipinski definition) is 0. The Labute approximate surface area is 136 Å². The smallest absolute Gasteiger partial charge is 0.272 e. The molecular formula is C15H16F2N4O3. The molecule has 0 N–H and O–H groups in total. The molecule has 1 aliphatic heterocycles. The van der Waals surface area contributed by atoms with Crippen molar-refractivity contribution in [3.8, 4) is 5.88 Å². The van der Waals surface area contributed by atoms with Crippen LogP contribution in [-0.4, -0.2) is 45.6 Å². The Balaban J connectivity index is 1.76. The summed E-state index contributed by atoms with van der Waals surface area (Å²) in [6, 6.07) is 2.60. The minimum absolute atomic E-state index is 0.00877. The van der Waals surface area contributed by atoms with E-state index in [0.717, 1.165) is 12.8 Å². The van der Waals surface area contributed by atoms with E-state index in [1.54, 1.807) is 11.8 Å². The molecule has 3 heterocycles. The summed E-state index contributed by atoms with van der Waals surface area (Å²) in [6.07, 6.45) is 0.302. The van der Waals surface area contributed by atoms with Gasteiger partial charge in [0.05, 0.1) is 0 Å². The number of alkyl halides is 2. The molecule has 3 rings (SSSR count). The molecule has 2 aromatic rings. The minimum atomic E-state index is -2.60. The highest BCUT2D eigenvalue weighted by molar-refractivity contribution is 5.94. The maximum atomic E-state index is 12.7. The van der Waals surface area contributed by atoms with Gasteiger partial charge in [-0.25, -0.2) is 13.8 Å². The van der Waals surface area contributed by atoms with E-state index in [1.165, 1.54) is 18.3 Å². The third-order valence-electron chi connectivity index (χ3n) is 3.68. The van der Waals surface area contributed by atoms with Gasteiger partial charge in [0.1, 0.15) is 6.04 Å². The first-order valence-electron chi connectivity index (χ1n) is 7.52. The molecule has 0 aliphatic carbocycles. The quantitative estimate of drug-likeness (QED) is 0.833. The Morgan fingerprint density at radius 1 is 1.50 bits per heavy atom. The molecule has 0 radical (unpaired) electrons. The molecule has 0 saturated carbocycles. The first-order valence-corrected chi connectivity index (χ1v) is 7.52. The first kappa shape index (κ1) is 16.3. The van der Waals surface area contributed by atoms with E-state index in [4.69, 9.17) is 9.15 Å². The van der Waals surface area contributed by atoms with Gasteiger partial charge in [0.25, 0.3) is 12.3 Å². The second-order valence-electron chi connectivity index (χ2n) is 5.40. The van der Waals surface area contributed by atoms with Crippen LogP contribution in [0.5, 0.6) is 5.88 Å². The van der Waals surface area contributed by atoms with Crippen LogP contribution in [0.15, 0.2) is 22.7 Å². The Bertz CT molecular complexity index is 722. The minimum Gasteiger partial charge on any atom is -0.472 e. The van der Waals surface area contributed by atoms with Gasteiger partial charge in [-0.1, -0.05) is 0 Å². The lowest BCUT2D eigenvalue weighted by Crippen LogP contribution is -2.30. The van der Waals surface area contributed by atoms with Gasteiger partial charge < -0.3 is 14.1 Å². The number of aryl methyl sites for hydroxylation is 1. The van der Waals surface area contributed by atoms with Gasteiger partial charge in [-0.2, -0.15) is 0 Å². The van der Waals surface area contributed by atoms with Crippen LogP contribution in [-0.2, 0) is 0 Å². The third kappa shape index (κ3) is 3.50. The maximum absolute atomic E-state index is 12.7. The average molecular weight is 338 g/mol. The van der Waals surface area contributed by atoms with Crippen molar-refractivity contribution in [2.24, 2.45) is 0 Å². The zero-order valence-corrected chi connectivity index (χ0v) is 13.0. The van der Waals surface area contributed by atoms with Gasteiger partial charge in [-0.15, -0.1) is 10.2 Å². The van der Waals surface area contributed by atoms with Crippen LogP contribution < -0.4 is 4.74 Å². The van der Waals surface area contributed by atoms with Crippen molar-refractivity contribution in [1.29, 1.82) is 0 Å². The molecular weight excluding hydrogens is 322 g/mol. The highest BCUT2D eigenvalue weighted by Crippen LogP contribution is 2.32. The predicted molar refractivity (Wildman–Crippen MR) is 77.8 cm³/mol. The number of likely N-dealkylation sites (tertiary alicyclic amines) is 1. The fourth-order valence-electron chi connectivity index (χ4n) is 2.65. The fourth-order valence-corrected chi connectivity index (χ4v) is 2.65. The molecule has 1 aliphatic rings. The molecule has 1 fully saturated rings. The number of ether oxygens (including phenoxy) is 1. The van der Waals surface area contributed by atoms with Crippen molar-refractivity contribution in [3.05, 3.63) is 35.7 Å². The summed E-state index contributed by atoms with van der Waals surface area (Å²) in [4.78, 5) is 18.2.